The molecule has 0 aromatic heterocycles. The standard InChI is InChI=1S/C52H65NO12Si/c1-30-27-37-51(29-61-37,64-32(3)54)42-44(63-46(58)35-25-19-14-20-26-35)52(60)28-36(31(2)38(49(52,7)8)40(55)43(56)50(30,42)9)62-47(59)41(65-66(10,11)48(4,5)6)39(33-21-15-12-16-22-33)53-45(57)34-23-17-13-18-24-34/h12-26,30,36-37,39-42,44,55,60H,27-29H2,1-11H3,(H,53,57)/t30-,36?,37?,39?,40+,41+,42-,44-,50+,51-,52+/m0/s1. The van der Waals surface area contributed by atoms with Crippen molar-refractivity contribution >= 4 is 37.9 Å². The van der Waals surface area contributed by atoms with E-state index in [1.807, 2.05) is 46.9 Å². The summed E-state index contributed by atoms with van der Waals surface area (Å²) in [7, 11) is -2.87. The fourth-order valence-corrected chi connectivity index (χ4v) is 12.1. The number of Topliss-reactive ketones (excluding diaryl/α,β-unsaturated/α-hetero) is 1. The molecule has 1 aliphatic heterocycles. The molecule has 2 bridgehead atoms. The summed E-state index contributed by atoms with van der Waals surface area (Å²) in [5, 5.41) is 29.1. The summed E-state index contributed by atoms with van der Waals surface area (Å²) >= 11 is 0. The second kappa shape index (κ2) is 17.6. The number of amides is 1. The maximum Gasteiger partial charge on any atom is 0.338 e. The van der Waals surface area contributed by atoms with E-state index in [-0.39, 0.29) is 30.6 Å². The molecule has 4 aliphatic rings. The van der Waals surface area contributed by atoms with Crippen LogP contribution < -0.4 is 5.32 Å². The monoisotopic (exact) mass is 923 g/mol. The van der Waals surface area contributed by atoms with Gasteiger partial charge >= 0.3 is 17.9 Å². The highest BCUT2D eigenvalue weighted by Gasteiger charge is 2.77. The van der Waals surface area contributed by atoms with E-state index >= 15 is 9.59 Å². The third kappa shape index (κ3) is 8.16. The Balaban J connectivity index is 1.40. The largest absolute Gasteiger partial charge is 0.456 e. The van der Waals surface area contributed by atoms with Gasteiger partial charge in [-0.2, -0.15) is 0 Å². The Kier molecular flexibility index (Phi) is 13.0. The van der Waals surface area contributed by atoms with E-state index in [0.717, 1.165) is 0 Å². The van der Waals surface area contributed by atoms with Crippen LogP contribution in [-0.2, 0) is 37.8 Å². The first kappa shape index (κ1) is 48.9. The number of nitrogens with one attached hydrogen (secondary N) is 1. The van der Waals surface area contributed by atoms with E-state index in [4.69, 9.17) is 23.4 Å². The zero-order valence-corrected chi connectivity index (χ0v) is 40.9. The third-order valence-corrected chi connectivity index (χ3v) is 20.3. The predicted molar refractivity (Wildman–Crippen MR) is 247 cm³/mol. The Bertz CT molecular complexity index is 2380. The smallest absolute Gasteiger partial charge is 0.338 e. The van der Waals surface area contributed by atoms with Gasteiger partial charge in [-0.1, -0.05) is 115 Å². The number of benzene rings is 3. The number of hydrogen-bond acceptors (Lipinski definition) is 12. The van der Waals surface area contributed by atoms with Gasteiger partial charge in [0.15, 0.2) is 25.8 Å². The number of aliphatic hydroxyl groups excluding tert-OH is 1. The number of carbonyl (C=O) groups is 5. The zero-order chi connectivity index (χ0) is 48.4. The maximum atomic E-state index is 15.4. The molecule has 1 amide bonds. The van der Waals surface area contributed by atoms with Crippen LogP contribution in [0.4, 0.5) is 0 Å². The molecule has 0 radical (unpaired) electrons. The highest BCUT2D eigenvalue weighted by molar-refractivity contribution is 6.74. The minimum atomic E-state index is -2.87. The second-order valence-electron chi connectivity index (χ2n) is 21.0. The molecule has 3 aromatic carbocycles. The van der Waals surface area contributed by atoms with Gasteiger partial charge in [0.05, 0.1) is 24.1 Å². The van der Waals surface area contributed by atoms with Gasteiger partial charge in [0.1, 0.15) is 30.0 Å². The van der Waals surface area contributed by atoms with Crippen LogP contribution in [0.1, 0.15) is 107 Å². The fourth-order valence-electron chi connectivity index (χ4n) is 10.8. The Labute approximate surface area is 388 Å². The average Bonchev–Trinajstić information content (AvgIpc) is 3.26. The number of carbonyl (C=O) groups excluding carboxylic acids is 5. The van der Waals surface area contributed by atoms with Crippen LogP contribution in [0.5, 0.6) is 0 Å². The minimum absolute atomic E-state index is 0.110. The maximum absolute atomic E-state index is 15.4. The first-order valence-electron chi connectivity index (χ1n) is 22.8. The van der Waals surface area contributed by atoms with Crippen LogP contribution in [0.25, 0.3) is 0 Å². The van der Waals surface area contributed by atoms with Crippen molar-refractivity contribution in [1.29, 1.82) is 0 Å². The van der Waals surface area contributed by atoms with Crippen LogP contribution in [-0.4, -0.2) is 96.5 Å². The molecule has 7 rings (SSSR count). The van der Waals surface area contributed by atoms with Crippen LogP contribution in [0.2, 0.25) is 18.1 Å². The summed E-state index contributed by atoms with van der Waals surface area (Å²) in [6.07, 6.45) is -7.04. The molecule has 1 heterocycles. The first-order chi connectivity index (χ1) is 30.8. The summed E-state index contributed by atoms with van der Waals surface area (Å²) in [6, 6.07) is 24.7. The van der Waals surface area contributed by atoms with E-state index in [9.17, 15) is 24.6 Å². The molecule has 1 saturated heterocycles. The normalized spacial score (nSPS) is 31.3. The molecule has 3 aromatic rings. The molecule has 14 heteroatoms. The number of fused-ring (bicyclic) bond motifs is 5. The van der Waals surface area contributed by atoms with Gasteiger partial charge in [0, 0.05) is 29.7 Å². The second-order valence-corrected chi connectivity index (χ2v) is 25.8. The zero-order valence-electron chi connectivity index (χ0n) is 39.9. The Hall–Kier alpha value is -4.99. The van der Waals surface area contributed by atoms with Crippen molar-refractivity contribution in [3.8, 4) is 0 Å². The molecular weight excluding hydrogens is 859 g/mol. The van der Waals surface area contributed by atoms with Crippen molar-refractivity contribution in [1.82, 2.24) is 5.32 Å². The van der Waals surface area contributed by atoms with Gasteiger partial charge in [-0.3, -0.25) is 14.4 Å². The number of aliphatic hydroxyl groups is 2. The Morgan fingerprint density at radius 1 is 0.879 bits per heavy atom. The molecule has 11 atom stereocenters. The quantitative estimate of drug-likeness (QED) is 0.0748. The van der Waals surface area contributed by atoms with Gasteiger partial charge in [0.25, 0.3) is 5.91 Å². The van der Waals surface area contributed by atoms with E-state index in [1.54, 1.807) is 113 Å². The van der Waals surface area contributed by atoms with E-state index in [2.05, 4.69) is 5.32 Å². The third-order valence-electron chi connectivity index (χ3n) is 15.9. The highest BCUT2D eigenvalue weighted by atomic mass is 28.4. The van der Waals surface area contributed by atoms with Crippen molar-refractivity contribution in [2.45, 2.75) is 141 Å². The summed E-state index contributed by atoms with van der Waals surface area (Å²) in [5.74, 6) is -5.20. The summed E-state index contributed by atoms with van der Waals surface area (Å²) < 4.78 is 32.4. The predicted octanol–water partition coefficient (Wildman–Crippen LogP) is 7.47. The lowest BCUT2D eigenvalue weighted by molar-refractivity contribution is -0.340. The molecule has 0 spiro atoms. The highest BCUT2D eigenvalue weighted by Crippen LogP contribution is 2.65. The van der Waals surface area contributed by atoms with Gasteiger partial charge in [0.2, 0.25) is 0 Å². The Morgan fingerprint density at radius 3 is 1.97 bits per heavy atom. The van der Waals surface area contributed by atoms with Crippen molar-refractivity contribution < 1.29 is 57.6 Å². The van der Waals surface area contributed by atoms with E-state index in [0.29, 0.717) is 16.7 Å². The molecule has 66 heavy (non-hydrogen) atoms. The summed E-state index contributed by atoms with van der Waals surface area (Å²) in [4.78, 5) is 72.3. The fraction of sp³-hybridized carbons (Fsp3) is 0.519. The molecule has 2 saturated carbocycles. The van der Waals surface area contributed by atoms with Gasteiger partial charge in [-0.15, -0.1) is 0 Å². The van der Waals surface area contributed by atoms with Crippen molar-refractivity contribution in [2.75, 3.05) is 6.61 Å². The first-order valence-corrected chi connectivity index (χ1v) is 25.7. The van der Waals surface area contributed by atoms with E-state index in [1.165, 1.54) is 6.92 Å². The lowest BCUT2D eigenvalue weighted by atomic mass is 9.43. The molecule has 354 valence electrons. The number of ketones is 1. The van der Waals surface area contributed by atoms with Crippen molar-refractivity contribution in [2.24, 2.45) is 22.7 Å². The minimum Gasteiger partial charge on any atom is -0.456 e. The van der Waals surface area contributed by atoms with Crippen molar-refractivity contribution in [3.05, 3.63) is 119 Å². The molecule has 3 N–H and O–H groups in total. The molecular formula is C52H65NO12Si. The van der Waals surface area contributed by atoms with Gasteiger partial charge in [-0.05, 0) is 78.4 Å². The lowest BCUT2D eigenvalue weighted by Gasteiger charge is -2.68. The van der Waals surface area contributed by atoms with Crippen LogP contribution in [0, 0.1) is 22.7 Å². The molecule has 13 nitrogen and oxygen atoms in total. The SMILES string of the molecule is CC(=O)O[C@@]12COC1C[C@H](C)[C@@]1(C)C(=O)[C@H](O)C3=C(C)C(OC(=O)[C@H](O[Si](C)(C)C(C)(C)C)C(NC(=O)c4ccccc4)c4ccccc4)C[C@@](O)([C@@H](OC(=O)c4ccccc4)[C@@H]12)C3(C)C. The lowest BCUT2D eigenvalue weighted by Crippen LogP contribution is -2.80. The van der Waals surface area contributed by atoms with Crippen LogP contribution in [0.15, 0.2) is 102 Å². The van der Waals surface area contributed by atoms with Crippen LogP contribution in [0.3, 0.4) is 0 Å². The number of rotatable bonds is 11. The van der Waals surface area contributed by atoms with E-state index < -0.39 is 113 Å². The molecule has 3 unspecified atom stereocenters. The van der Waals surface area contributed by atoms with Crippen LogP contribution >= 0.6 is 0 Å². The van der Waals surface area contributed by atoms with Gasteiger partial charge < -0.3 is 38.9 Å². The summed E-state index contributed by atoms with van der Waals surface area (Å²) in [5.41, 5.74) is -5.34. The van der Waals surface area contributed by atoms with Gasteiger partial charge in [-0.25, -0.2) is 9.59 Å². The molecule has 3 fully saturated rings. The number of hydrogen-bond donors (Lipinski definition) is 3. The number of ether oxygens (including phenoxy) is 4. The summed E-state index contributed by atoms with van der Waals surface area (Å²) in [6.45, 7) is 19.6. The Morgan fingerprint density at radius 2 is 1.44 bits per heavy atom. The average molecular weight is 924 g/mol. The molecule has 3 aliphatic carbocycles. The number of esters is 3. The topological polar surface area (TPSA) is 184 Å². The van der Waals surface area contributed by atoms with Crippen molar-refractivity contribution in [3.63, 3.8) is 0 Å².